The average molecular weight is 653 g/mol. The lowest BCUT2D eigenvalue weighted by atomic mass is 9.86. The number of allylic oxidation sites excluding steroid dienone is 12. The molecule has 47 heavy (non-hydrogen) atoms. The van der Waals surface area contributed by atoms with E-state index < -0.39 is 5.97 Å². The predicted molar refractivity (Wildman–Crippen MR) is 195 cm³/mol. The zero-order chi connectivity index (χ0) is 33.6. The maximum absolute atomic E-state index is 11.7. The topological polar surface area (TPSA) is 107 Å². The Morgan fingerprint density at radius 2 is 1.74 bits per heavy atom. The molecule has 3 atom stereocenters. The second kappa shape index (κ2) is 13.5. The molecular weight excluding hydrogens is 605 g/mol. The van der Waals surface area contributed by atoms with Crippen LogP contribution < -0.4 is 5.32 Å². The number of carboxylic acids is 1. The Morgan fingerprint density at radius 3 is 2.47 bits per heavy atom. The van der Waals surface area contributed by atoms with Crippen molar-refractivity contribution in [2.24, 2.45) is 26.8 Å². The van der Waals surface area contributed by atoms with E-state index in [0.717, 1.165) is 74.5 Å². The number of thioether (sulfide) groups is 1. The molecule has 0 radical (unpaired) electrons. The molecule has 7 nitrogen and oxygen atoms in total. The zero-order valence-electron chi connectivity index (χ0n) is 28.9. The van der Waals surface area contributed by atoms with E-state index >= 15 is 0 Å². The molecule has 0 aromatic rings. The number of carboxylic acid groups (broad SMARTS) is 1. The molecule has 5 aliphatic heterocycles. The quantitative estimate of drug-likeness (QED) is 0.193. The van der Waals surface area contributed by atoms with Gasteiger partial charge in [-0.15, -0.1) is 0 Å². The van der Waals surface area contributed by atoms with E-state index in [4.69, 9.17) is 15.0 Å². The summed E-state index contributed by atoms with van der Waals surface area (Å²) in [6, 6.07) is 0. The Bertz CT molecular complexity index is 1770. The number of carbonyl (C=O) groups is 1. The maximum Gasteiger partial charge on any atom is 0.303 e. The van der Waals surface area contributed by atoms with Crippen molar-refractivity contribution >= 4 is 34.9 Å². The molecule has 248 valence electrons. The molecule has 6 aliphatic rings. The number of aliphatic imine (C=N–C) groups is 3. The van der Waals surface area contributed by atoms with Crippen molar-refractivity contribution in [3.05, 3.63) is 91.5 Å². The molecule has 1 saturated heterocycles. The molecule has 0 aromatic heterocycles. The maximum atomic E-state index is 11.7. The van der Waals surface area contributed by atoms with Crippen LogP contribution >= 0.6 is 11.8 Å². The van der Waals surface area contributed by atoms with Crippen molar-refractivity contribution < 1.29 is 15.0 Å². The summed E-state index contributed by atoms with van der Waals surface area (Å²) in [6.07, 6.45) is 13.2. The van der Waals surface area contributed by atoms with Crippen LogP contribution in [0.15, 0.2) is 106 Å². The number of hydrogen-bond donors (Lipinski definition) is 3. The third kappa shape index (κ3) is 6.10. The van der Waals surface area contributed by atoms with E-state index in [1.165, 1.54) is 48.0 Å². The highest BCUT2D eigenvalue weighted by molar-refractivity contribution is 8.00. The fraction of sp³-hybridized carbons (Fsp3) is 0.487. The first-order valence-corrected chi connectivity index (χ1v) is 18.4. The van der Waals surface area contributed by atoms with Gasteiger partial charge in [-0.05, 0) is 98.8 Å². The fourth-order valence-electron chi connectivity index (χ4n) is 7.79. The SMILES string of the molecule is CCCCCCSC(C)C1=C(C)C2=NC1=CC1=NC(=CC3=C(C)C4=C(O)CC(=C5NC(=C2)C(C)[C@@H]5CCC(=O)O)C4=N3)C(CC)=C1C. The highest BCUT2D eigenvalue weighted by Crippen LogP contribution is 2.46. The van der Waals surface area contributed by atoms with Crippen LogP contribution in [0, 0.1) is 11.8 Å². The predicted octanol–water partition coefficient (Wildman–Crippen LogP) is 9.22. The molecule has 5 heterocycles. The number of nitrogens with one attached hydrogen (secondary N) is 1. The van der Waals surface area contributed by atoms with Crippen molar-refractivity contribution in [2.75, 3.05) is 5.75 Å². The first-order chi connectivity index (χ1) is 22.5. The highest BCUT2D eigenvalue weighted by Gasteiger charge is 2.41. The standard InChI is InChI=1S/C39H48N4O3S/c1-8-10-11-12-15-47-24(7)36-22(5)30-17-29-21(4)26(13-14-35(45)46)38(42-29)27-16-34(44)37-23(6)31(43-39(27)37)18-32-25(9-2)20(3)28(40-32)19-33(36)41-30/h17-19,21,24,26,42,44H,8-16H2,1-7H3,(H,45,46)/t21?,24?,26-/m0/s1. The third-order valence-electron chi connectivity index (χ3n) is 10.5. The Balaban J connectivity index is 1.52. The van der Waals surface area contributed by atoms with E-state index in [2.05, 4.69) is 65.1 Å². The van der Waals surface area contributed by atoms with E-state index in [-0.39, 0.29) is 23.5 Å². The molecule has 8 bridgehead atoms. The molecule has 8 heteroatoms. The summed E-state index contributed by atoms with van der Waals surface area (Å²) in [7, 11) is 0. The third-order valence-corrected chi connectivity index (χ3v) is 11.8. The lowest BCUT2D eigenvalue weighted by molar-refractivity contribution is -0.137. The average Bonchev–Trinajstić information content (AvgIpc) is 3.78. The lowest BCUT2D eigenvalue weighted by Gasteiger charge is -2.17. The minimum Gasteiger partial charge on any atom is -0.511 e. The van der Waals surface area contributed by atoms with Crippen LogP contribution in [-0.2, 0) is 4.79 Å². The largest absolute Gasteiger partial charge is 0.511 e. The number of aliphatic carboxylic acids is 1. The summed E-state index contributed by atoms with van der Waals surface area (Å²) < 4.78 is 0. The number of aliphatic hydroxyl groups is 1. The van der Waals surface area contributed by atoms with Crippen LogP contribution in [0.3, 0.4) is 0 Å². The van der Waals surface area contributed by atoms with Gasteiger partial charge in [0.05, 0.1) is 34.2 Å². The molecule has 0 saturated carbocycles. The number of hydrogen-bond acceptors (Lipinski definition) is 7. The fourth-order valence-corrected chi connectivity index (χ4v) is 8.98. The molecule has 0 spiro atoms. The van der Waals surface area contributed by atoms with Gasteiger partial charge in [-0.2, -0.15) is 11.8 Å². The monoisotopic (exact) mass is 652 g/mol. The smallest absolute Gasteiger partial charge is 0.303 e. The molecule has 0 amide bonds. The van der Waals surface area contributed by atoms with Gasteiger partial charge < -0.3 is 15.5 Å². The number of fused-ring (bicyclic) bond motifs is 5. The van der Waals surface area contributed by atoms with Gasteiger partial charge in [0.1, 0.15) is 5.76 Å². The summed E-state index contributed by atoms with van der Waals surface area (Å²) in [4.78, 5) is 27.3. The summed E-state index contributed by atoms with van der Waals surface area (Å²) in [5, 5.41) is 24.9. The Labute approximate surface area is 283 Å². The van der Waals surface area contributed by atoms with Crippen LogP contribution in [0.25, 0.3) is 0 Å². The number of aliphatic hydroxyl groups excluding tert-OH is 1. The van der Waals surface area contributed by atoms with E-state index in [1.807, 2.05) is 18.7 Å². The Morgan fingerprint density at radius 1 is 1.00 bits per heavy atom. The van der Waals surface area contributed by atoms with Crippen LogP contribution in [0.1, 0.15) is 99.8 Å². The van der Waals surface area contributed by atoms with Gasteiger partial charge in [0.2, 0.25) is 0 Å². The lowest BCUT2D eigenvalue weighted by Crippen LogP contribution is -2.15. The van der Waals surface area contributed by atoms with Crippen molar-refractivity contribution in [1.82, 2.24) is 5.32 Å². The summed E-state index contributed by atoms with van der Waals surface area (Å²) in [5.41, 5.74) is 14.9. The number of nitrogens with zero attached hydrogens (tertiary/aromatic N) is 3. The number of unbranched alkanes of at least 4 members (excludes halogenated alkanes) is 3. The number of rotatable bonds is 11. The first-order valence-electron chi connectivity index (χ1n) is 17.3. The second-order valence-corrected chi connectivity index (χ2v) is 15.0. The van der Waals surface area contributed by atoms with Gasteiger partial charge in [-0.3, -0.25) is 4.79 Å². The zero-order valence-corrected chi connectivity index (χ0v) is 29.7. The van der Waals surface area contributed by atoms with Gasteiger partial charge in [-0.25, -0.2) is 15.0 Å². The van der Waals surface area contributed by atoms with Crippen molar-refractivity contribution in [2.45, 2.75) is 105 Å². The summed E-state index contributed by atoms with van der Waals surface area (Å²) in [6.45, 7) is 15.2. The van der Waals surface area contributed by atoms with Crippen molar-refractivity contribution in [3.8, 4) is 0 Å². The van der Waals surface area contributed by atoms with Crippen molar-refractivity contribution in [3.63, 3.8) is 0 Å². The highest BCUT2D eigenvalue weighted by atomic mass is 32.2. The molecule has 6 rings (SSSR count). The Hall–Kier alpha value is -3.65. The second-order valence-electron chi connectivity index (χ2n) is 13.5. The molecule has 1 aliphatic carbocycles. The molecule has 2 unspecified atom stereocenters. The molecule has 1 fully saturated rings. The summed E-state index contributed by atoms with van der Waals surface area (Å²) in [5.74, 6) is 0.636. The van der Waals surface area contributed by atoms with Crippen LogP contribution in [0.5, 0.6) is 0 Å². The molecular formula is C39H48N4O3S. The normalized spacial score (nSPS) is 24.1. The van der Waals surface area contributed by atoms with Gasteiger partial charge in [0.15, 0.2) is 0 Å². The van der Waals surface area contributed by atoms with Crippen LogP contribution in [0.2, 0.25) is 0 Å². The van der Waals surface area contributed by atoms with Gasteiger partial charge in [-0.1, -0.05) is 40.0 Å². The minimum absolute atomic E-state index is 0.0437. The summed E-state index contributed by atoms with van der Waals surface area (Å²) >= 11 is 2.00. The van der Waals surface area contributed by atoms with Gasteiger partial charge in [0.25, 0.3) is 0 Å². The van der Waals surface area contributed by atoms with Crippen molar-refractivity contribution in [1.29, 1.82) is 0 Å². The minimum atomic E-state index is -0.805. The van der Waals surface area contributed by atoms with E-state index in [1.54, 1.807) is 0 Å². The van der Waals surface area contributed by atoms with E-state index in [9.17, 15) is 15.0 Å². The Kier molecular flexibility index (Phi) is 9.52. The molecule has 0 aromatic carbocycles. The van der Waals surface area contributed by atoms with E-state index in [0.29, 0.717) is 18.6 Å². The van der Waals surface area contributed by atoms with Gasteiger partial charge >= 0.3 is 5.97 Å². The molecule has 3 N–H and O–H groups in total. The first kappa shape index (κ1) is 33.3. The van der Waals surface area contributed by atoms with Gasteiger partial charge in [0, 0.05) is 52.5 Å². The van der Waals surface area contributed by atoms with Crippen LogP contribution in [0.4, 0.5) is 0 Å². The van der Waals surface area contributed by atoms with Crippen LogP contribution in [-0.4, -0.2) is 44.3 Å².